The Balaban J connectivity index is 1.79. The van der Waals surface area contributed by atoms with Crippen LogP contribution in [-0.4, -0.2) is 33.2 Å². The molecule has 7 nitrogen and oxygen atoms in total. The van der Waals surface area contributed by atoms with Crippen LogP contribution in [0.25, 0.3) is 11.5 Å². The second-order valence-corrected chi connectivity index (χ2v) is 5.09. The summed E-state index contributed by atoms with van der Waals surface area (Å²) in [5.74, 6) is 1.24. The molecule has 0 aliphatic heterocycles. The van der Waals surface area contributed by atoms with Gasteiger partial charge in [-0.2, -0.15) is 5.10 Å². The van der Waals surface area contributed by atoms with Crippen LogP contribution in [0.15, 0.2) is 39.5 Å². The number of nitrogens with zero attached hydrogens (tertiary/aromatic N) is 3. The summed E-state index contributed by atoms with van der Waals surface area (Å²) < 4.78 is 10.3. The number of hydrogen-bond acceptors (Lipinski definition) is 5. The molecule has 0 saturated carbocycles. The molecule has 3 aromatic rings. The van der Waals surface area contributed by atoms with Gasteiger partial charge in [-0.1, -0.05) is 5.16 Å². The van der Waals surface area contributed by atoms with E-state index in [1.807, 2.05) is 26.0 Å². The molecule has 7 heteroatoms. The van der Waals surface area contributed by atoms with Gasteiger partial charge < -0.3 is 13.8 Å². The Kier molecular flexibility index (Phi) is 3.54. The average Bonchev–Trinajstić information content (AvgIpc) is 3.24. The molecule has 0 bridgehead atoms. The van der Waals surface area contributed by atoms with E-state index in [0.29, 0.717) is 22.8 Å². The molecule has 0 saturated heterocycles. The number of hydrogen-bond donors (Lipinski definition) is 1. The number of aryl methyl sites for hydroxylation is 1. The number of carbonyl (C=O) groups excluding carboxylic acids is 1. The Bertz CT molecular complexity index is 772. The van der Waals surface area contributed by atoms with Crippen LogP contribution >= 0.6 is 0 Å². The van der Waals surface area contributed by atoms with Crippen LogP contribution in [0, 0.1) is 6.92 Å². The van der Waals surface area contributed by atoms with Gasteiger partial charge in [0.2, 0.25) is 0 Å². The maximum Gasteiger partial charge on any atom is 0.274 e. The number of aromatic nitrogens is 3. The van der Waals surface area contributed by atoms with Crippen LogP contribution < -0.4 is 0 Å². The lowest BCUT2D eigenvalue weighted by atomic mass is 10.2. The van der Waals surface area contributed by atoms with Gasteiger partial charge in [-0.15, -0.1) is 0 Å². The lowest BCUT2D eigenvalue weighted by molar-refractivity contribution is 0.0731. The molecule has 0 spiro atoms. The zero-order valence-electron chi connectivity index (χ0n) is 12.5. The zero-order valence-corrected chi connectivity index (χ0v) is 12.5. The third kappa shape index (κ3) is 2.52. The summed E-state index contributed by atoms with van der Waals surface area (Å²) in [7, 11) is 1.70. The first-order chi connectivity index (χ1) is 10.6. The summed E-state index contributed by atoms with van der Waals surface area (Å²) in [4.78, 5) is 14.0. The minimum absolute atomic E-state index is 0.207. The number of carbonyl (C=O) groups is 1. The summed E-state index contributed by atoms with van der Waals surface area (Å²) in [6, 6.07) is 6.88. The molecule has 1 amide bonds. The van der Waals surface area contributed by atoms with E-state index in [1.165, 1.54) is 6.26 Å². The Labute approximate surface area is 126 Å². The molecule has 3 heterocycles. The largest absolute Gasteiger partial charge is 0.460 e. The summed E-state index contributed by atoms with van der Waals surface area (Å²) in [6.45, 7) is 3.73. The van der Waals surface area contributed by atoms with Crippen molar-refractivity contribution in [2.45, 2.75) is 19.9 Å². The second kappa shape index (κ2) is 5.51. The van der Waals surface area contributed by atoms with Gasteiger partial charge in [0, 0.05) is 19.2 Å². The van der Waals surface area contributed by atoms with E-state index >= 15 is 0 Å². The topological polar surface area (TPSA) is 88.2 Å². The van der Waals surface area contributed by atoms with E-state index in [9.17, 15) is 4.79 Å². The Morgan fingerprint density at radius 3 is 2.82 bits per heavy atom. The fraction of sp³-hybridized carbons (Fsp3) is 0.267. The molecule has 0 unspecified atom stereocenters. The summed E-state index contributed by atoms with van der Waals surface area (Å²) in [6.07, 6.45) is 1.48. The van der Waals surface area contributed by atoms with Crippen molar-refractivity contribution in [3.63, 3.8) is 0 Å². The second-order valence-electron chi connectivity index (χ2n) is 5.09. The van der Waals surface area contributed by atoms with Gasteiger partial charge in [0.05, 0.1) is 6.04 Å². The Hall–Kier alpha value is -2.83. The van der Waals surface area contributed by atoms with E-state index in [4.69, 9.17) is 8.94 Å². The molecule has 0 aromatic carbocycles. The molecular weight excluding hydrogens is 284 g/mol. The van der Waals surface area contributed by atoms with Gasteiger partial charge in [0.15, 0.2) is 11.5 Å². The van der Waals surface area contributed by atoms with Crippen molar-refractivity contribution < 1.29 is 13.7 Å². The zero-order chi connectivity index (χ0) is 15.7. The molecule has 3 aromatic heterocycles. The molecule has 0 aliphatic rings. The molecule has 0 radical (unpaired) electrons. The SMILES string of the molecule is Cc1ccc(-c2cc(C(=O)N(C)[C@@H](C)c3ccon3)n[nH]2)o1. The molecule has 1 N–H and O–H groups in total. The minimum atomic E-state index is -0.211. The van der Waals surface area contributed by atoms with Gasteiger partial charge in [0.25, 0.3) is 5.91 Å². The van der Waals surface area contributed by atoms with Gasteiger partial charge in [-0.25, -0.2) is 0 Å². The number of nitrogens with one attached hydrogen (secondary N) is 1. The van der Waals surface area contributed by atoms with Gasteiger partial charge in [0.1, 0.15) is 23.4 Å². The first-order valence-corrected chi connectivity index (χ1v) is 6.86. The van der Waals surface area contributed by atoms with Gasteiger partial charge >= 0.3 is 0 Å². The van der Waals surface area contributed by atoms with Crippen LogP contribution in [0.2, 0.25) is 0 Å². The van der Waals surface area contributed by atoms with Crippen LogP contribution in [0.5, 0.6) is 0 Å². The van der Waals surface area contributed by atoms with Crippen LogP contribution in [-0.2, 0) is 0 Å². The standard InChI is InChI=1S/C15H16N4O3/c1-9-4-5-14(22-9)12-8-13(17-16-12)15(20)19(3)10(2)11-6-7-21-18-11/h4-8,10H,1-3H3,(H,16,17)/t10-/m0/s1. The maximum absolute atomic E-state index is 12.5. The molecular formula is C15H16N4O3. The predicted octanol–water partition coefficient (Wildman–Crippen LogP) is 2.80. The van der Waals surface area contributed by atoms with Crippen LogP contribution in [0.3, 0.4) is 0 Å². The highest BCUT2D eigenvalue weighted by Gasteiger charge is 2.23. The molecule has 22 heavy (non-hydrogen) atoms. The molecule has 1 atom stereocenters. The molecule has 3 rings (SSSR count). The minimum Gasteiger partial charge on any atom is -0.460 e. The predicted molar refractivity (Wildman–Crippen MR) is 78.0 cm³/mol. The highest BCUT2D eigenvalue weighted by molar-refractivity contribution is 5.93. The summed E-state index contributed by atoms with van der Waals surface area (Å²) >= 11 is 0. The van der Waals surface area contributed by atoms with Crippen molar-refractivity contribution in [2.75, 3.05) is 7.05 Å². The first-order valence-electron chi connectivity index (χ1n) is 6.86. The van der Waals surface area contributed by atoms with Crippen molar-refractivity contribution in [3.05, 3.63) is 47.7 Å². The van der Waals surface area contributed by atoms with E-state index in [1.54, 1.807) is 24.1 Å². The number of furan rings is 1. The monoisotopic (exact) mass is 300 g/mol. The normalized spacial score (nSPS) is 12.3. The van der Waals surface area contributed by atoms with Crippen molar-refractivity contribution in [2.24, 2.45) is 0 Å². The van der Waals surface area contributed by atoms with E-state index in [2.05, 4.69) is 15.4 Å². The summed E-state index contributed by atoms with van der Waals surface area (Å²) in [5, 5.41) is 10.7. The average molecular weight is 300 g/mol. The quantitative estimate of drug-likeness (QED) is 0.800. The smallest absolute Gasteiger partial charge is 0.274 e. The first kappa shape index (κ1) is 14.1. The van der Waals surface area contributed by atoms with E-state index < -0.39 is 0 Å². The van der Waals surface area contributed by atoms with E-state index in [-0.39, 0.29) is 11.9 Å². The fourth-order valence-corrected chi connectivity index (χ4v) is 2.13. The Morgan fingerprint density at radius 2 is 2.18 bits per heavy atom. The van der Waals surface area contributed by atoms with Crippen molar-refractivity contribution in [1.82, 2.24) is 20.3 Å². The molecule has 0 aliphatic carbocycles. The number of H-pyrrole nitrogens is 1. The lowest BCUT2D eigenvalue weighted by Gasteiger charge is -2.21. The fourth-order valence-electron chi connectivity index (χ4n) is 2.13. The van der Waals surface area contributed by atoms with Crippen molar-refractivity contribution in [3.8, 4) is 11.5 Å². The number of aromatic amines is 1. The van der Waals surface area contributed by atoms with E-state index in [0.717, 1.165) is 5.76 Å². The van der Waals surface area contributed by atoms with Gasteiger partial charge in [-0.05, 0) is 26.0 Å². The number of amides is 1. The highest BCUT2D eigenvalue weighted by atomic mass is 16.5. The molecule has 0 fully saturated rings. The van der Waals surface area contributed by atoms with Gasteiger partial charge in [-0.3, -0.25) is 9.89 Å². The van der Waals surface area contributed by atoms with Crippen LogP contribution in [0.4, 0.5) is 0 Å². The molecule has 114 valence electrons. The van der Waals surface area contributed by atoms with Crippen molar-refractivity contribution >= 4 is 5.91 Å². The third-order valence-corrected chi connectivity index (χ3v) is 3.59. The lowest BCUT2D eigenvalue weighted by Crippen LogP contribution is -2.30. The summed E-state index contributed by atoms with van der Waals surface area (Å²) in [5.41, 5.74) is 1.68. The third-order valence-electron chi connectivity index (χ3n) is 3.59. The maximum atomic E-state index is 12.5. The highest BCUT2D eigenvalue weighted by Crippen LogP contribution is 2.23. The van der Waals surface area contributed by atoms with Crippen molar-refractivity contribution in [1.29, 1.82) is 0 Å². The Morgan fingerprint density at radius 1 is 1.36 bits per heavy atom. The van der Waals surface area contributed by atoms with Crippen LogP contribution in [0.1, 0.15) is 34.9 Å². The number of rotatable bonds is 4.